The van der Waals surface area contributed by atoms with E-state index in [2.05, 4.69) is 4.98 Å². The number of nitrogens with zero attached hydrogens (tertiary/aromatic N) is 2. The number of carbonyl (C=O) groups is 1. The molecule has 7 nitrogen and oxygen atoms in total. The van der Waals surface area contributed by atoms with E-state index in [1.807, 2.05) is 0 Å². The van der Waals surface area contributed by atoms with Crippen LogP contribution in [0.25, 0.3) is 0 Å². The van der Waals surface area contributed by atoms with Crippen LogP contribution in [0.2, 0.25) is 0 Å². The SMILES string of the molecule is CC(=O)c1ccc(Oc2ccc([N+](=O)[O-])c(N)c2)nc1. The third kappa shape index (κ3) is 2.89. The molecule has 1 aromatic heterocycles. The van der Waals surface area contributed by atoms with Crippen molar-refractivity contribution in [2.75, 3.05) is 5.73 Å². The first-order valence-corrected chi connectivity index (χ1v) is 5.66. The largest absolute Gasteiger partial charge is 0.439 e. The van der Waals surface area contributed by atoms with Crippen molar-refractivity contribution in [2.24, 2.45) is 0 Å². The van der Waals surface area contributed by atoms with E-state index in [0.29, 0.717) is 11.3 Å². The van der Waals surface area contributed by atoms with Crippen LogP contribution in [-0.4, -0.2) is 15.7 Å². The Morgan fingerprint density at radius 1 is 1.35 bits per heavy atom. The van der Waals surface area contributed by atoms with Crippen LogP contribution in [-0.2, 0) is 0 Å². The van der Waals surface area contributed by atoms with Gasteiger partial charge in [0, 0.05) is 30.0 Å². The summed E-state index contributed by atoms with van der Waals surface area (Å²) in [5, 5.41) is 10.6. The highest BCUT2D eigenvalue weighted by Crippen LogP contribution is 2.28. The minimum atomic E-state index is -0.570. The first kappa shape index (κ1) is 13.5. The quantitative estimate of drug-likeness (QED) is 0.397. The number of nitro benzene ring substituents is 1. The Labute approximate surface area is 114 Å². The van der Waals surface area contributed by atoms with Gasteiger partial charge in [-0.3, -0.25) is 14.9 Å². The van der Waals surface area contributed by atoms with Crippen molar-refractivity contribution in [1.29, 1.82) is 0 Å². The third-order valence-electron chi connectivity index (χ3n) is 2.56. The number of carbonyl (C=O) groups excluding carboxylic acids is 1. The van der Waals surface area contributed by atoms with Gasteiger partial charge in [-0.25, -0.2) is 4.98 Å². The second-order valence-electron chi connectivity index (χ2n) is 4.02. The molecule has 20 heavy (non-hydrogen) atoms. The Morgan fingerprint density at radius 3 is 2.60 bits per heavy atom. The van der Waals surface area contributed by atoms with Crippen LogP contribution < -0.4 is 10.5 Å². The van der Waals surface area contributed by atoms with E-state index in [1.165, 1.54) is 37.4 Å². The number of nitrogens with two attached hydrogens (primary N) is 1. The van der Waals surface area contributed by atoms with Gasteiger partial charge in [0.1, 0.15) is 11.4 Å². The molecule has 0 atom stereocenters. The van der Waals surface area contributed by atoms with Gasteiger partial charge in [0.15, 0.2) is 5.78 Å². The first-order chi connectivity index (χ1) is 9.47. The van der Waals surface area contributed by atoms with Gasteiger partial charge in [0.05, 0.1) is 4.92 Å². The van der Waals surface area contributed by atoms with E-state index in [4.69, 9.17) is 10.5 Å². The molecule has 2 rings (SSSR count). The number of benzene rings is 1. The maximum atomic E-state index is 11.1. The van der Waals surface area contributed by atoms with E-state index < -0.39 is 4.92 Å². The standard InChI is InChI=1S/C13H11N3O4/c1-8(17)9-2-5-13(15-7-9)20-10-3-4-12(16(18)19)11(14)6-10/h2-7H,14H2,1H3. The van der Waals surface area contributed by atoms with E-state index in [1.54, 1.807) is 6.07 Å². The predicted octanol–water partition coefficient (Wildman–Crippen LogP) is 2.57. The monoisotopic (exact) mass is 273 g/mol. The molecule has 0 fully saturated rings. The molecule has 0 amide bonds. The zero-order valence-electron chi connectivity index (χ0n) is 10.6. The van der Waals surface area contributed by atoms with E-state index >= 15 is 0 Å². The summed E-state index contributed by atoms with van der Waals surface area (Å²) in [6.07, 6.45) is 1.40. The summed E-state index contributed by atoms with van der Waals surface area (Å²) in [7, 11) is 0. The molecule has 102 valence electrons. The van der Waals surface area contributed by atoms with Gasteiger partial charge in [-0.05, 0) is 19.1 Å². The molecule has 0 spiro atoms. The number of anilines is 1. The van der Waals surface area contributed by atoms with Gasteiger partial charge in [0.2, 0.25) is 5.88 Å². The zero-order valence-corrected chi connectivity index (χ0v) is 10.6. The summed E-state index contributed by atoms with van der Waals surface area (Å²) in [6.45, 7) is 1.44. The lowest BCUT2D eigenvalue weighted by Gasteiger charge is -2.06. The maximum Gasteiger partial charge on any atom is 0.292 e. The number of rotatable bonds is 4. The molecule has 1 aromatic carbocycles. The molecule has 0 radical (unpaired) electrons. The number of hydrogen-bond donors (Lipinski definition) is 1. The minimum Gasteiger partial charge on any atom is -0.439 e. The summed E-state index contributed by atoms with van der Waals surface area (Å²) >= 11 is 0. The Morgan fingerprint density at radius 2 is 2.10 bits per heavy atom. The summed E-state index contributed by atoms with van der Waals surface area (Å²) < 4.78 is 5.40. The fraction of sp³-hybridized carbons (Fsp3) is 0.0769. The van der Waals surface area contributed by atoms with E-state index in [-0.39, 0.29) is 23.0 Å². The normalized spacial score (nSPS) is 10.1. The molecule has 1 heterocycles. The molecular weight excluding hydrogens is 262 g/mol. The average molecular weight is 273 g/mol. The Bertz CT molecular complexity index is 668. The molecular formula is C13H11N3O4. The highest BCUT2D eigenvalue weighted by atomic mass is 16.6. The fourth-order valence-electron chi connectivity index (χ4n) is 1.53. The van der Waals surface area contributed by atoms with E-state index in [9.17, 15) is 14.9 Å². The summed E-state index contributed by atoms with van der Waals surface area (Å²) in [4.78, 5) is 25.1. The number of Topliss-reactive ketones (excluding diaryl/α,β-unsaturated/α-hetero) is 1. The molecule has 0 unspecified atom stereocenters. The molecule has 0 bridgehead atoms. The highest BCUT2D eigenvalue weighted by Gasteiger charge is 2.12. The first-order valence-electron chi connectivity index (χ1n) is 5.66. The van der Waals surface area contributed by atoms with Crippen molar-refractivity contribution < 1.29 is 14.5 Å². The molecule has 0 aliphatic carbocycles. The second-order valence-corrected chi connectivity index (χ2v) is 4.02. The fourth-order valence-corrected chi connectivity index (χ4v) is 1.53. The molecule has 7 heteroatoms. The van der Waals surface area contributed by atoms with Crippen LogP contribution >= 0.6 is 0 Å². The number of nitrogen functional groups attached to an aromatic ring is 1. The van der Waals surface area contributed by atoms with Gasteiger partial charge in [-0.1, -0.05) is 0 Å². The predicted molar refractivity (Wildman–Crippen MR) is 71.8 cm³/mol. The molecule has 0 saturated heterocycles. The maximum absolute atomic E-state index is 11.1. The lowest BCUT2D eigenvalue weighted by Crippen LogP contribution is -1.97. The van der Waals surface area contributed by atoms with Crippen LogP contribution in [0.5, 0.6) is 11.6 Å². The van der Waals surface area contributed by atoms with Crippen molar-refractivity contribution in [3.05, 3.63) is 52.2 Å². The van der Waals surface area contributed by atoms with Gasteiger partial charge < -0.3 is 10.5 Å². The lowest BCUT2D eigenvalue weighted by atomic mass is 10.2. The Balaban J connectivity index is 2.19. The van der Waals surface area contributed by atoms with Crippen molar-refractivity contribution >= 4 is 17.2 Å². The van der Waals surface area contributed by atoms with Crippen LogP contribution in [0.1, 0.15) is 17.3 Å². The third-order valence-corrected chi connectivity index (χ3v) is 2.56. The van der Waals surface area contributed by atoms with E-state index in [0.717, 1.165) is 0 Å². The van der Waals surface area contributed by atoms with Gasteiger partial charge in [-0.2, -0.15) is 0 Å². The van der Waals surface area contributed by atoms with Crippen molar-refractivity contribution in [3.8, 4) is 11.6 Å². The number of ketones is 1. The molecule has 0 saturated carbocycles. The van der Waals surface area contributed by atoms with Crippen LogP contribution in [0.3, 0.4) is 0 Å². The number of pyridine rings is 1. The van der Waals surface area contributed by atoms with Crippen molar-refractivity contribution in [3.63, 3.8) is 0 Å². The Kier molecular flexibility index (Phi) is 3.60. The van der Waals surface area contributed by atoms with Gasteiger partial charge in [0.25, 0.3) is 5.69 Å². The van der Waals surface area contributed by atoms with Gasteiger partial charge >= 0.3 is 0 Å². The van der Waals surface area contributed by atoms with Gasteiger partial charge in [-0.15, -0.1) is 0 Å². The van der Waals surface area contributed by atoms with Crippen LogP contribution in [0.15, 0.2) is 36.5 Å². The smallest absolute Gasteiger partial charge is 0.292 e. The Hall–Kier alpha value is -2.96. The average Bonchev–Trinajstić information content (AvgIpc) is 2.39. The number of nitro groups is 1. The topological polar surface area (TPSA) is 108 Å². The summed E-state index contributed by atoms with van der Waals surface area (Å²) in [5.41, 5.74) is 5.85. The number of hydrogen-bond acceptors (Lipinski definition) is 6. The molecule has 0 aliphatic heterocycles. The highest BCUT2D eigenvalue weighted by molar-refractivity contribution is 5.93. The minimum absolute atomic E-state index is 0.00727. The summed E-state index contributed by atoms with van der Waals surface area (Å²) in [5.74, 6) is 0.503. The van der Waals surface area contributed by atoms with Crippen molar-refractivity contribution in [2.45, 2.75) is 6.92 Å². The van der Waals surface area contributed by atoms with Crippen LogP contribution in [0, 0.1) is 10.1 Å². The number of aromatic nitrogens is 1. The number of ether oxygens (including phenoxy) is 1. The molecule has 2 aromatic rings. The zero-order chi connectivity index (χ0) is 14.7. The second kappa shape index (κ2) is 5.35. The lowest BCUT2D eigenvalue weighted by molar-refractivity contribution is -0.383. The van der Waals surface area contributed by atoms with Crippen molar-refractivity contribution in [1.82, 2.24) is 4.98 Å². The van der Waals surface area contributed by atoms with Crippen LogP contribution in [0.4, 0.5) is 11.4 Å². The molecule has 0 aliphatic rings. The molecule has 2 N–H and O–H groups in total. The summed E-state index contributed by atoms with van der Waals surface area (Å²) in [6, 6.07) is 7.15.